The van der Waals surface area contributed by atoms with Crippen molar-refractivity contribution in [3.8, 4) is 17.2 Å². The maximum Gasteiger partial charge on any atom is 0.430 e. The number of rotatable bonds is 3. The van der Waals surface area contributed by atoms with Gasteiger partial charge in [0.2, 0.25) is 6.10 Å². The fourth-order valence-electron chi connectivity index (χ4n) is 2.51. The minimum atomic E-state index is -4.94. The third-order valence-electron chi connectivity index (χ3n) is 3.78. The number of carboxylic acids is 1. The number of hydrogen-bond donors (Lipinski definition) is 1. The lowest BCUT2D eigenvalue weighted by atomic mass is 10.0. The predicted molar refractivity (Wildman–Crippen MR) is 93.8 cm³/mol. The molecule has 0 spiro atoms. The average molecular weight is 419 g/mol. The van der Waals surface area contributed by atoms with Gasteiger partial charge in [-0.1, -0.05) is 40.9 Å². The second-order valence-corrected chi connectivity index (χ2v) is 6.59. The molecule has 2 aromatic rings. The molecule has 1 N–H and O–H groups in total. The first kappa shape index (κ1) is 19.4. The molecule has 0 bridgehead atoms. The summed E-state index contributed by atoms with van der Waals surface area (Å²) in [5.41, 5.74) is -0.107. The fraction of sp³-hybridized carbons (Fsp3) is 0.167. The lowest BCUT2D eigenvalue weighted by molar-refractivity contribution is -0.187. The Bertz CT molecular complexity index is 937. The van der Waals surface area contributed by atoms with E-state index >= 15 is 0 Å². The molecule has 1 atom stereocenters. The summed E-state index contributed by atoms with van der Waals surface area (Å²) in [5.74, 6) is -1.83. The van der Waals surface area contributed by atoms with Crippen molar-refractivity contribution in [1.29, 1.82) is 0 Å². The van der Waals surface area contributed by atoms with Gasteiger partial charge in [-0.25, -0.2) is 4.79 Å². The van der Waals surface area contributed by atoms with Crippen molar-refractivity contribution in [2.24, 2.45) is 0 Å². The molecule has 1 aliphatic rings. The van der Waals surface area contributed by atoms with Crippen LogP contribution in [0.5, 0.6) is 17.2 Å². The number of fused-ring (bicyclic) bond motifs is 1. The van der Waals surface area contributed by atoms with Crippen LogP contribution in [0, 0.1) is 6.92 Å². The molecule has 4 nitrogen and oxygen atoms in total. The molecule has 0 aliphatic carbocycles. The summed E-state index contributed by atoms with van der Waals surface area (Å²) in [7, 11) is 0. The Balaban J connectivity index is 2.16. The molecule has 0 amide bonds. The number of carboxylic acid groups (broad SMARTS) is 1. The third-order valence-corrected chi connectivity index (χ3v) is 4.34. The van der Waals surface area contributed by atoms with Gasteiger partial charge in [0.05, 0.1) is 21.2 Å². The molecule has 2 aromatic carbocycles. The molecular formula is C18H11Cl2F3O4. The minimum absolute atomic E-state index is 0.00521. The number of halogens is 5. The van der Waals surface area contributed by atoms with E-state index < -0.39 is 23.8 Å². The topological polar surface area (TPSA) is 55.8 Å². The van der Waals surface area contributed by atoms with Gasteiger partial charge >= 0.3 is 12.1 Å². The number of alkyl halides is 3. The molecule has 0 aromatic heterocycles. The highest BCUT2D eigenvalue weighted by Crippen LogP contribution is 2.48. The van der Waals surface area contributed by atoms with Crippen molar-refractivity contribution in [3.63, 3.8) is 0 Å². The number of aliphatic carboxylic acids is 1. The van der Waals surface area contributed by atoms with Crippen LogP contribution < -0.4 is 9.47 Å². The molecule has 3 rings (SSSR count). The molecule has 142 valence electrons. The zero-order chi connectivity index (χ0) is 19.9. The first-order chi connectivity index (χ1) is 12.6. The lowest BCUT2D eigenvalue weighted by Crippen LogP contribution is -2.40. The average Bonchev–Trinajstić information content (AvgIpc) is 2.58. The van der Waals surface area contributed by atoms with E-state index in [0.717, 1.165) is 11.6 Å². The van der Waals surface area contributed by atoms with E-state index in [4.69, 9.17) is 32.7 Å². The summed E-state index contributed by atoms with van der Waals surface area (Å²) in [6, 6.07) is 7.98. The fourth-order valence-corrected chi connectivity index (χ4v) is 3.07. The van der Waals surface area contributed by atoms with Gasteiger partial charge in [-0.2, -0.15) is 13.2 Å². The molecule has 0 saturated heterocycles. The van der Waals surface area contributed by atoms with Gasteiger partial charge in [0.15, 0.2) is 5.75 Å². The van der Waals surface area contributed by atoms with E-state index in [1.54, 1.807) is 24.3 Å². The first-order valence-corrected chi connectivity index (χ1v) is 8.28. The summed E-state index contributed by atoms with van der Waals surface area (Å²) < 4.78 is 50.2. The van der Waals surface area contributed by atoms with Gasteiger partial charge < -0.3 is 14.6 Å². The summed E-state index contributed by atoms with van der Waals surface area (Å²) >= 11 is 12.1. The highest BCUT2D eigenvalue weighted by molar-refractivity contribution is 6.37. The van der Waals surface area contributed by atoms with E-state index in [-0.39, 0.29) is 27.1 Å². The van der Waals surface area contributed by atoms with Crippen LogP contribution in [0.3, 0.4) is 0 Å². The van der Waals surface area contributed by atoms with Crippen LogP contribution >= 0.6 is 23.2 Å². The Morgan fingerprint density at radius 2 is 1.81 bits per heavy atom. The van der Waals surface area contributed by atoms with Crippen LogP contribution in [0.4, 0.5) is 13.2 Å². The van der Waals surface area contributed by atoms with Gasteiger partial charge in [-0.3, -0.25) is 0 Å². The first-order valence-electron chi connectivity index (χ1n) is 7.52. The van der Waals surface area contributed by atoms with Gasteiger partial charge in [0.25, 0.3) is 0 Å². The van der Waals surface area contributed by atoms with E-state index in [9.17, 15) is 23.1 Å². The summed E-state index contributed by atoms with van der Waals surface area (Å²) in [6.45, 7) is 1.87. The van der Waals surface area contributed by atoms with Crippen molar-refractivity contribution < 1.29 is 32.5 Å². The molecule has 0 radical (unpaired) electrons. The van der Waals surface area contributed by atoms with Gasteiger partial charge in [-0.15, -0.1) is 0 Å². The number of hydrogen-bond acceptors (Lipinski definition) is 3. The quantitative estimate of drug-likeness (QED) is 0.675. The number of ether oxygens (including phenoxy) is 2. The minimum Gasteiger partial charge on any atom is -0.478 e. The molecule has 1 heterocycles. The highest BCUT2D eigenvalue weighted by Gasteiger charge is 2.49. The third kappa shape index (κ3) is 3.84. The highest BCUT2D eigenvalue weighted by atomic mass is 35.5. The molecule has 0 fully saturated rings. The molecular weight excluding hydrogens is 408 g/mol. The smallest absolute Gasteiger partial charge is 0.430 e. The van der Waals surface area contributed by atoms with Crippen molar-refractivity contribution in [2.75, 3.05) is 0 Å². The maximum atomic E-state index is 13.2. The molecule has 1 unspecified atom stereocenters. The Morgan fingerprint density at radius 3 is 2.37 bits per heavy atom. The molecule has 1 aliphatic heterocycles. The maximum absolute atomic E-state index is 13.2. The van der Waals surface area contributed by atoms with E-state index in [1.165, 1.54) is 6.07 Å². The standard InChI is InChI=1S/C18H11Cl2F3O4/c1-8-2-4-9(5-3-8)26-14-10-6-11(17(24)25)16(18(21,22)23)27-15(10)13(20)7-12(14)19/h2-7,16H,1H3,(H,24,25). The van der Waals surface area contributed by atoms with Gasteiger partial charge in [0.1, 0.15) is 11.5 Å². The predicted octanol–water partition coefficient (Wildman–Crippen LogP) is 5.89. The SMILES string of the molecule is Cc1ccc(Oc2c(Cl)cc(Cl)c3c2C=C(C(=O)O)C(C(F)(F)F)O3)cc1. The Kier molecular flexibility index (Phi) is 5.01. The van der Waals surface area contributed by atoms with Crippen LogP contribution in [0.1, 0.15) is 11.1 Å². The van der Waals surface area contributed by atoms with Crippen LogP contribution in [0.2, 0.25) is 10.0 Å². The Labute approximate surface area is 161 Å². The zero-order valence-corrected chi connectivity index (χ0v) is 15.1. The van der Waals surface area contributed by atoms with Crippen LogP contribution in [0.25, 0.3) is 6.08 Å². The van der Waals surface area contributed by atoms with E-state index in [1.807, 2.05) is 6.92 Å². The van der Waals surface area contributed by atoms with Crippen molar-refractivity contribution in [3.05, 3.63) is 57.1 Å². The zero-order valence-electron chi connectivity index (χ0n) is 13.6. The van der Waals surface area contributed by atoms with Crippen LogP contribution in [-0.4, -0.2) is 23.4 Å². The largest absolute Gasteiger partial charge is 0.478 e. The molecule has 27 heavy (non-hydrogen) atoms. The number of aryl methyl sites for hydroxylation is 1. The normalized spacial score (nSPS) is 16.2. The van der Waals surface area contributed by atoms with E-state index in [0.29, 0.717) is 5.75 Å². The Hall–Kier alpha value is -2.38. The molecule has 9 heteroatoms. The molecule has 0 saturated carbocycles. The lowest BCUT2D eigenvalue weighted by Gasteiger charge is -2.28. The monoisotopic (exact) mass is 418 g/mol. The summed E-state index contributed by atoms with van der Waals surface area (Å²) in [4.78, 5) is 11.3. The summed E-state index contributed by atoms with van der Waals surface area (Å²) in [6.07, 6.45) is -6.78. The van der Waals surface area contributed by atoms with E-state index in [2.05, 4.69) is 0 Å². The second kappa shape index (κ2) is 6.98. The van der Waals surface area contributed by atoms with Crippen molar-refractivity contribution >= 4 is 35.2 Å². The second-order valence-electron chi connectivity index (χ2n) is 5.77. The van der Waals surface area contributed by atoms with Gasteiger partial charge in [0, 0.05) is 0 Å². The van der Waals surface area contributed by atoms with Crippen molar-refractivity contribution in [1.82, 2.24) is 0 Å². The summed E-state index contributed by atoms with van der Waals surface area (Å²) in [5, 5.41) is 8.99. The van der Waals surface area contributed by atoms with Crippen LogP contribution in [-0.2, 0) is 4.79 Å². The van der Waals surface area contributed by atoms with Gasteiger partial charge in [-0.05, 0) is 31.2 Å². The Morgan fingerprint density at radius 1 is 1.19 bits per heavy atom. The van der Waals surface area contributed by atoms with Crippen LogP contribution in [0.15, 0.2) is 35.9 Å². The van der Waals surface area contributed by atoms with Crippen molar-refractivity contribution in [2.45, 2.75) is 19.2 Å². The number of benzene rings is 2. The number of carbonyl (C=O) groups is 1.